The Kier molecular flexibility index (Phi) is 5.27. The van der Waals surface area contributed by atoms with E-state index in [-0.39, 0.29) is 36.2 Å². The van der Waals surface area contributed by atoms with Crippen LogP contribution >= 0.6 is 0 Å². The minimum Gasteiger partial charge on any atom is -0.342 e. The molecule has 0 aromatic heterocycles. The van der Waals surface area contributed by atoms with Crippen molar-refractivity contribution in [1.29, 1.82) is 0 Å². The lowest BCUT2D eigenvalue weighted by Crippen LogP contribution is -2.42. The summed E-state index contributed by atoms with van der Waals surface area (Å²) in [5.41, 5.74) is 0.710. The lowest BCUT2D eigenvalue weighted by Gasteiger charge is -2.32. The first-order chi connectivity index (χ1) is 12.0. The molecule has 0 spiro atoms. The second-order valence-corrected chi connectivity index (χ2v) is 6.81. The summed E-state index contributed by atoms with van der Waals surface area (Å²) in [6.45, 7) is 2.64. The Bertz CT molecular complexity index is 812. The van der Waals surface area contributed by atoms with E-state index in [4.69, 9.17) is 0 Å². The molecule has 0 bridgehead atoms. The highest BCUT2D eigenvalue weighted by Gasteiger charge is 2.29. The first-order valence-electron chi connectivity index (χ1n) is 8.85. The Morgan fingerprint density at radius 3 is 2.56 bits per heavy atom. The molecule has 1 atom stereocenters. The second kappa shape index (κ2) is 7.60. The first-order valence-corrected chi connectivity index (χ1v) is 8.85. The maximum absolute atomic E-state index is 12.9. The molecule has 1 amide bonds. The number of piperidine rings is 1. The van der Waals surface area contributed by atoms with Crippen molar-refractivity contribution < 1.29 is 14.4 Å². The van der Waals surface area contributed by atoms with Crippen molar-refractivity contribution in [1.82, 2.24) is 4.90 Å². The molecule has 4 nitrogen and oxygen atoms in total. The van der Waals surface area contributed by atoms with E-state index in [0.717, 1.165) is 23.6 Å². The van der Waals surface area contributed by atoms with Crippen LogP contribution < -0.4 is 0 Å². The fraction of sp³-hybridized carbons (Fsp3) is 0.381. The number of carbonyl (C=O) groups excluding carboxylic acids is 3. The van der Waals surface area contributed by atoms with Crippen LogP contribution in [-0.4, -0.2) is 35.5 Å². The van der Waals surface area contributed by atoms with Crippen molar-refractivity contribution in [3.8, 4) is 0 Å². The molecule has 130 valence electrons. The van der Waals surface area contributed by atoms with Gasteiger partial charge in [0.1, 0.15) is 5.78 Å². The van der Waals surface area contributed by atoms with Gasteiger partial charge >= 0.3 is 0 Å². The monoisotopic (exact) mass is 337 g/mol. The first kappa shape index (κ1) is 17.3. The highest BCUT2D eigenvalue weighted by molar-refractivity contribution is 6.01. The summed E-state index contributed by atoms with van der Waals surface area (Å²) in [6, 6.07) is 13.8. The van der Waals surface area contributed by atoms with Crippen LogP contribution in [0, 0.1) is 5.92 Å². The number of carbonyl (C=O) groups is 3. The minimum absolute atomic E-state index is 0.0220. The highest BCUT2D eigenvalue weighted by Crippen LogP contribution is 2.24. The van der Waals surface area contributed by atoms with E-state index < -0.39 is 0 Å². The summed E-state index contributed by atoms with van der Waals surface area (Å²) in [4.78, 5) is 37.9. The summed E-state index contributed by atoms with van der Waals surface area (Å²) in [6.07, 6.45) is 2.16. The number of hydrogen-bond acceptors (Lipinski definition) is 3. The molecule has 1 heterocycles. The van der Waals surface area contributed by atoms with Gasteiger partial charge in [-0.05, 0) is 36.6 Å². The third-order valence-corrected chi connectivity index (χ3v) is 4.87. The summed E-state index contributed by atoms with van der Waals surface area (Å²) >= 11 is 0. The number of amides is 1. The van der Waals surface area contributed by atoms with E-state index in [1.54, 1.807) is 4.90 Å². The molecule has 4 heteroatoms. The van der Waals surface area contributed by atoms with Crippen LogP contribution in [0.15, 0.2) is 42.5 Å². The number of nitrogens with zero attached hydrogens (tertiary/aromatic N) is 1. The van der Waals surface area contributed by atoms with Gasteiger partial charge in [-0.15, -0.1) is 0 Å². The lowest BCUT2D eigenvalue weighted by atomic mass is 9.89. The number of likely N-dealkylation sites (tertiary alicyclic amines) is 1. The van der Waals surface area contributed by atoms with Crippen LogP contribution in [0.3, 0.4) is 0 Å². The normalized spacial score (nSPS) is 17.5. The Labute approximate surface area is 147 Å². The lowest BCUT2D eigenvalue weighted by molar-refractivity contribution is -0.134. The van der Waals surface area contributed by atoms with Gasteiger partial charge in [0, 0.05) is 37.4 Å². The van der Waals surface area contributed by atoms with E-state index in [9.17, 15) is 14.4 Å². The predicted molar refractivity (Wildman–Crippen MR) is 97.5 cm³/mol. The van der Waals surface area contributed by atoms with Crippen LogP contribution in [0.4, 0.5) is 0 Å². The SMILES string of the molecule is CC(=O)CCC(=O)N1CCC[C@H](C(=O)c2ccc3ccccc3c2)C1. The highest BCUT2D eigenvalue weighted by atomic mass is 16.2. The van der Waals surface area contributed by atoms with Crippen molar-refractivity contribution in [2.75, 3.05) is 13.1 Å². The largest absolute Gasteiger partial charge is 0.342 e. The molecular weight excluding hydrogens is 314 g/mol. The molecule has 3 rings (SSSR count). The molecule has 2 aromatic carbocycles. The summed E-state index contributed by atoms with van der Waals surface area (Å²) in [7, 11) is 0. The third kappa shape index (κ3) is 4.13. The van der Waals surface area contributed by atoms with Gasteiger partial charge in [-0.25, -0.2) is 0 Å². The van der Waals surface area contributed by atoms with Crippen molar-refractivity contribution in [2.45, 2.75) is 32.6 Å². The molecule has 25 heavy (non-hydrogen) atoms. The van der Waals surface area contributed by atoms with Gasteiger partial charge in [0.05, 0.1) is 0 Å². The maximum Gasteiger partial charge on any atom is 0.223 e. The zero-order valence-corrected chi connectivity index (χ0v) is 14.5. The zero-order valence-electron chi connectivity index (χ0n) is 14.5. The molecule has 0 aliphatic carbocycles. The Balaban J connectivity index is 1.70. The molecule has 1 saturated heterocycles. The molecule has 0 unspecified atom stereocenters. The summed E-state index contributed by atoms with van der Waals surface area (Å²) in [5, 5.41) is 2.17. The molecule has 0 saturated carbocycles. The minimum atomic E-state index is -0.156. The van der Waals surface area contributed by atoms with Gasteiger partial charge in [-0.3, -0.25) is 9.59 Å². The van der Waals surface area contributed by atoms with E-state index in [0.29, 0.717) is 18.7 Å². The van der Waals surface area contributed by atoms with Gasteiger partial charge in [0.2, 0.25) is 5.91 Å². The fourth-order valence-electron chi connectivity index (χ4n) is 3.44. The smallest absolute Gasteiger partial charge is 0.223 e. The average Bonchev–Trinajstić information content (AvgIpc) is 2.65. The maximum atomic E-state index is 12.9. The molecule has 1 aliphatic rings. The number of benzene rings is 2. The van der Waals surface area contributed by atoms with Gasteiger partial charge in [0.15, 0.2) is 5.78 Å². The molecule has 0 N–H and O–H groups in total. The van der Waals surface area contributed by atoms with Gasteiger partial charge in [-0.1, -0.05) is 36.4 Å². The standard InChI is InChI=1S/C21H23NO3/c1-15(23)8-11-20(24)22-12-4-7-19(14-22)21(25)18-10-9-16-5-2-3-6-17(16)13-18/h2-3,5-6,9-10,13,19H,4,7-8,11-12,14H2,1H3/t19-/m0/s1. The number of ketones is 2. The number of Topliss-reactive ketones (excluding diaryl/α,β-unsaturated/α-hetero) is 2. The second-order valence-electron chi connectivity index (χ2n) is 6.81. The third-order valence-electron chi connectivity index (χ3n) is 4.87. The summed E-state index contributed by atoms with van der Waals surface area (Å²) < 4.78 is 0. The van der Waals surface area contributed by atoms with Crippen LogP contribution in [0.5, 0.6) is 0 Å². The van der Waals surface area contributed by atoms with Gasteiger partial charge in [-0.2, -0.15) is 0 Å². The molecule has 2 aromatic rings. The summed E-state index contributed by atoms with van der Waals surface area (Å²) in [5.74, 6) is -0.0497. The number of rotatable bonds is 5. The van der Waals surface area contributed by atoms with E-state index >= 15 is 0 Å². The van der Waals surface area contributed by atoms with Crippen molar-refractivity contribution in [3.05, 3.63) is 48.0 Å². The molecular formula is C21H23NO3. The Hall–Kier alpha value is -2.49. The van der Waals surface area contributed by atoms with E-state index in [2.05, 4.69) is 0 Å². The molecule has 1 fully saturated rings. The van der Waals surface area contributed by atoms with Crippen LogP contribution in [-0.2, 0) is 9.59 Å². The van der Waals surface area contributed by atoms with Crippen molar-refractivity contribution in [2.24, 2.45) is 5.92 Å². The fourth-order valence-corrected chi connectivity index (χ4v) is 3.44. The number of hydrogen-bond donors (Lipinski definition) is 0. The van der Waals surface area contributed by atoms with Crippen LogP contribution in [0.2, 0.25) is 0 Å². The quantitative estimate of drug-likeness (QED) is 0.783. The van der Waals surface area contributed by atoms with Crippen molar-refractivity contribution in [3.63, 3.8) is 0 Å². The molecule has 1 aliphatic heterocycles. The van der Waals surface area contributed by atoms with Crippen LogP contribution in [0.1, 0.15) is 43.0 Å². The van der Waals surface area contributed by atoms with E-state index in [1.807, 2.05) is 42.5 Å². The zero-order chi connectivity index (χ0) is 17.8. The Morgan fingerprint density at radius 2 is 1.80 bits per heavy atom. The number of fused-ring (bicyclic) bond motifs is 1. The predicted octanol–water partition coefficient (Wildman–Crippen LogP) is 3.63. The Morgan fingerprint density at radius 1 is 1.04 bits per heavy atom. The topological polar surface area (TPSA) is 54.5 Å². The van der Waals surface area contributed by atoms with Gasteiger partial charge in [0.25, 0.3) is 0 Å². The average molecular weight is 337 g/mol. The van der Waals surface area contributed by atoms with Crippen LogP contribution in [0.25, 0.3) is 10.8 Å². The molecule has 0 radical (unpaired) electrons. The van der Waals surface area contributed by atoms with Crippen molar-refractivity contribution >= 4 is 28.2 Å². The van der Waals surface area contributed by atoms with Gasteiger partial charge < -0.3 is 9.69 Å². The van der Waals surface area contributed by atoms with E-state index in [1.165, 1.54) is 6.92 Å².